The highest BCUT2D eigenvalue weighted by atomic mass is 16.4. The maximum absolute atomic E-state index is 13.0. The molecule has 0 saturated heterocycles. The lowest BCUT2D eigenvalue weighted by atomic mass is 10.0. The molecule has 2 rings (SSSR count). The minimum absolute atomic E-state index is 0.0943. The molecule has 3 atom stereocenters. The molecule has 0 bridgehead atoms. The van der Waals surface area contributed by atoms with E-state index < -0.39 is 41.8 Å². The Balaban J connectivity index is 2.09. The summed E-state index contributed by atoms with van der Waals surface area (Å²) in [6.45, 7) is 3.22. The van der Waals surface area contributed by atoms with Crippen molar-refractivity contribution < 1.29 is 24.3 Å². The maximum Gasteiger partial charge on any atom is 0.326 e. The van der Waals surface area contributed by atoms with E-state index in [9.17, 15) is 24.3 Å². The van der Waals surface area contributed by atoms with Gasteiger partial charge in [0.05, 0.1) is 12.6 Å². The van der Waals surface area contributed by atoms with E-state index in [2.05, 4.69) is 16.0 Å². The van der Waals surface area contributed by atoms with Gasteiger partial charge in [-0.15, -0.1) is 0 Å². The Labute approximate surface area is 199 Å². The molecule has 0 aromatic heterocycles. The van der Waals surface area contributed by atoms with Gasteiger partial charge in [0.15, 0.2) is 0 Å². The average Bonchev–Trinajstić information content (AvgIpc) is 2.82. The molecule has 6 N–H and O–H groups in total. The Morgan fingerprint density at radius 3 is 1.76 bits per heavy atom. The van der Waals surface area contributed by atoms with Crippen LogP contribution < -0.4 is 21.7 Å². The van der Waals surface area contributed by atoms with Crippen LogP contribution in [0.5, 0.6) is 0 Å². The first-order valence-corrected chi connectivity index (χ1v) is 11.1. The van der Waals surface area contributed by atoms with Gasteiger partial charge in [-0.2, -0.15) is 0 Å². The topological polar surface area (TPSA) is 151 Å². The van der Waals surface area contributed by atoms with E-state index in [-0.39, 0.29) is 25.3 Å². The molecular weight excluding hydrogens is 436 g/mol. The average molecular weight is 469 g/mol. The van der Waals surface area contributed by atoms with Crippen LogP contribution in [0.15, 0.2) is 60.7 Å². The number of carboxylic acid groups (broad SMARTS) is 1. The summed E-state index contributed by atoms with van der Waals surface area (Å²) in [6, 6.07) is 15.0. The van der Waals surface area contributed by atoms with E-state index in [0.717, 1.165) is 11.1 Å². The highest BCUT2D eigenvalue weighted by Crippen LogP contribution is 2.07. The Morgan fingerprint density at radius 1 is 0.794 bits per heavy atom. The molecule has 9 heteroatoms. The van der Waals surface area contributed by atoms with Gasteiger partial charge in [-0.1, -0.05) is 74.5 Å². The third-order valence-corrected chi connectivity index (χ3v) is 5.28. The molecule has 182 valence electrons. The first-order valence-electron chi connectivity index (χ1n) is 11.1. The van der Waals surface area contributed by atoms with Crippen LogP contribution in [0.2, 0.25) is 0 Å². The van der Waals surface area contributed by atoms with Crippen molar-refractivity contribution in [1.29, 1.82) is 0 Å². The number of hydrogen-bond acceptors (Lipinski definition) is 5. The fourth-order valence-electron chi connectivity index (χ4n) is 3.21. The zero-order valence-corrected chi connectivity index (χ0v) is 19.4. The van der Waals surface area contributed by atoms with Crippen molar-refractivity contribution >= 4 is 23.7 Å². The summed E-state index contributed by atoms with van der Waals surface area (Å²) in [5.41, 5.74) is 7.31. The highest BCUT2D eigenvalue weighted by Gasteiger charge is 2.27. The monoisotopic (exact) mass is 468 g/mol. The molecule has 0 aliphatic carbocycles. The van der Waals surface area contributed by atoms with E-state index >= 15 is 0 Å². The lowest BCUT2D eigenvalue weighted by Gasteiger charge is -2.22. The first kappa shape index (κ1) is 26.5. The van der Waals surface area contributed by atoms with E-state index in [1.54, 1.807) is 62.4 Å². The van der Waals surface area contributed by atoms with E-state index in [4.69, 9.17) is 5.73 Å². The summed E-state index contributed by atoms with van der Waals surface area (Å²) in [4.78, 5) is 49.3. The van der Waals surface area contributed by atoms with Crippen molar-refractivity contribution in [1.82, 2.24) is 16.0 Å². The van der Waals surface area contributed by atoms with Gasteiger partial charge >= 0.3 is 5.97 Å². The summed E-state index contributed by atoms with van der Waals surface area (Å²) in [5.74, 6) is -2.97. The number of carbonyl (C=O) groups excluding carboxylic acids is 3. The van der Waals surface area contributed by atoms with Crippen molar-refractivity contribution in [2.75, 3.05) is 6.54 Å². The minimum Gasteiger partial charge on any atom is -0.480 e. The van der Waals surface area contributed by atoms with Gasteiger partial charge in [-0.25, -0.2) is 4.79 Å². The third kappa shape index (κ3) is 8.67. The van der Waals surface area contributed by atoms with Crippen LogP contribution >= 0.6 is 0 Å². The fraction of sp³-hybridized carbons (Fsp3) is 0.360. The normalized spacial score (nSPS) is 13.4. The predicted octanol–water partition coefficient (Wildman–Crippen LogP) is 0.626. The van der Waals surface area contributed by atoms with Crippen LogP contribution in [0.1, 0.15) is 25.0 Å². The Kier molecular flexibility index (Phi) is 10.2. The zero-order chi connectivity index (χ0) is 25.1. The molecule has 0 radical (unpaired) electrons. The van der Waals surface area contributed by atoms with Crippen LogP contribution in [0, 0.1) is 5.92 Å². The van der Waals surface area contributed by atoms with Gasteiger partial charge in [0, 0.05) is 12.8 Å². The number of benzene rings is 2. The molecule has 3 unspecified atom stereocenters. The Bertz CT molecular complexity index is 966. The standard InChI is InChI=1S/C25H32N4O5/c1-16(2)22(26)24(32)27-15-21(30)28-19(13-17-9-5-3-6-10-17)23(31)29-20(25(33)34)14-18-11-7-4-8-12-18/h3-12,16,19-20,22H,13-15,26H2,1-2H3,(H,27,32)(H,28,30)(H,29,31)(H,33,34). The van der Waals surface area contributed by atoms with Crippen molar-refractivity contribution in [2.45, 2.75) is 44.8 Å². The van der Waals surface area contributed by atoms with Gasteiger partial charge in [-0.3, -0.25) is 14.4 Å². The molecule has 34 heavy (non-hydrogen) atoms. The van der Waals surface area contributed by atoms with E-state index in [1.165, 1.54) is 0 Å². The van der Waals surface area contributed by atoms with Crippen molar-refractivity contribution in [2.24, 2.45) is 11.7 Å². The van der Waals surface area contributed by atoms with Crippen LogP contribution in [0.25, 0.3) is 0 Å². The first-order chi connectivity index (χ1) is 16.2. The molecule has 0 saturated carbocycles. The van der Waals surface area contributed by atoms with E-state index in [0.29, 0.717) is 0 Å². The Morgan fingerprint density at radius 2 is 1.29 bits per heavy atom. The number of rotatable bonds is 12. The number of hydrogen-bond donors (Lipinski definition) is 5. The quantitative estimate of drug-likeness (QED) is 0.308. The molecule has 0 heterocycles. The van der Waals surface area contributed by atoms with Gasteiger partial charge in [-0.05, 0) is 17.0 Å². The second-order valence-electron chi connectivity index (χ2n) is 8.39. The highest BCUT2D eigenvalue weighted by molar-refractivity contribution is 5.92. The Hall–Kier alpha value is -3.72. The number of carbonyl (C=O) groups is 4. The van der Waals surface area contributed by atoms with Gasteiger partial charge in [0.1, 0.15) is 12.1 Å². The van der Waals surface area contributed by atoms with Crippen molar-refractivity contribution in [3.63, 3.8) is 0 Å². The van der Waals surface area contributed by atoms with Crippen LogP contribution in [0.3, 0.4) is 0 Å². The maximum atomic E-state index is 13.0. The lowest BCUT2D eigenvalue weighted by Crippen LogP contribution is -2.55. The molecule has 2 aromatic rings. The van der Waals surface area contributed by atoms with Gasteiger partial charge < -0.3 is 26.8 Å². The van der Waals surface area contributed by atoms with Crippen LogP contribution in [-0.4, -0.2) is 53.5 Å². The van der Waals surface area contributed by atoms with E-state index in [1.807, 2.05) is 12.1 Å². The smallest absolute Gasteiger partial charge is 0.326 e. The SMILES string of the molecule is CC(C)C(N)C(=O)NCC(=O)NC(Cc1ccccc1)C(=O)NC(Cc1ccccc1)C(=O)O. The molecule has 0 fully saturated rings. The molecule has 0 aliphatic rings. The van der Waals surface area contributed by atoms with Gasteiger partial charge in [0.2, 0.25) is 17.7 Å². The summed E-state index contributed by atoms with van der Waals surface area (Å²) >= 11 is 0. The molecule has 0 aliphatic heterocycles. The molecular formula is C25H32N4O5. The third-order valence-electron chi connectivity index (χ3n) is 5.28. The fourth-order valence-corrected chi connectivity index (χ4v) is 3.21. The molecule has 9 nitrogen and oxygen atoms in total. The molecule has 3 amide bonds. The number of aliphatic carboxylic acids is 1. The number of amides is 3. The summed E-state index contributed by atoms with van der Waals surface area (Å²) in [7, 11) is 0. The van der Waals surface area contributed by atoms with Crippen molar-refractivity contribution in [3.8, 4) is 0 Å². The lowest BCUT2D eigenvalue weighted by molar-refractivity contribution is -0.142. The second-order valence-corrected chi connectivity index (χ2v) is 8.39. The number of nitrogens with one attached hydrogen (secondary N) is 3. The summed E-state index contributed by atoms with van der Waals surface area (Å²) in [6.07, 6.45) is 0.243. The number of nitrogens with two attached hydrogens (primary N) is 1. The summed E-state index contributed by atoms with van der Waals surface area (Å²) < 4.78 is 0. The summed E-state index contributed by atoms with van der Waals surface area (Å²) in [5, 5.41) is 17.2. The zero-order valence-electron chi connectivity index (χ0n) is 19.4. The van der Waals surface area contributed by atoms with Crippen molar-refractivity contribution in [3.05, 3.63) is 71.8 Å². The minimum atomic E-state index is -1.18. The van der Waals surface area contributed by atoms with Gasteiger partial charge in [0.25, 0.3) is 0 Å². The number of carboxylic acids is 1. The largest absolute Gasteiger partial charge is 0.480 e. The molecule has 2 aromatic carbocycles. The van der Waals surface area contributed by atoms with Crippen LogP contribution in [0.4, 0.5) is 0 Å². The second kappa shape index (κ2) is 13.1. The van der Waals surface area contributed by atoms with Crippen LogP contribution in [-0.2, 0) is 32.0 Å². The molecule has 0 spiro atoms. The predicted molar refractivity (Wildman–Crippen MR) is 128 cm³/mol.